The highest BCUT2D eigenvalue weighted by atomic mass is 19.1. The van der Waals surface area contributed by atoms with Crippen LogP contribution in [0, 0.1) is 17.7 Å². The minimum absolute atomic E-state index is 0.0312. The number of hydrogen-bond acceptors (Lipinski definition) is 4. The minimum Gasteiger partial charge on any atom is -0.354 e. The third-order valence-corrected chi connectivity index (χ3v) is 5.18. The molecule has 2 aromatic rings. The van der Waals surface area contributed by atoms with Gasteiger partial charge in [0.2, 0.25) is 0 Å². The number of likely N-dealkylation sites (tertiary alicyclic amines) is 1. The smallest absolute Gasteiger partial charge is 0.250 e. The largest absolute Gasteiger partial charge is 0.354 e. The van der Waals surface area contributed by atoms with Crippen LogP contribution in [0.2, 0.25) is 0 Å². The zero-order valence-electron chi connectivity index (χ0n) is 13.7. The Balaban J connectivity index is 1.40. The van der Waals surface area contributed by atoms with E-state index in [2.05, 4.69) is 14.8 Å². The van der Waals surface area contributed by atoms with E-state index in [1.165, 1.54) is 6.07 Å². The fourth-order valence-electron chi connectivity index (χ4n) is 3.95. The molecule has 24 heavy (non-hydrogen) atoms. The van der Waals surface area contributed by atoms with Crippen molar-refractivity contribution in [3.05, 3.63) is 58.4 Å². The highest BCUT2D eigenvalue weighted by Gasteiger charge is 2.40. The molecule has 0 aromatic carbocycles. The van der Waals surface area contributed by atoms with Gasteiger partial charge >= 0.3 is 0 Å². The van der Waals surface area contributed by atoms with E-state index in [4.69, 9.17) is 0 Å². The van der Waals surface area contributed by atoms with Crippen LogP contribution in [0.5, 0.6) is 0 Å². The summed E-state index contributed by atoms with van der Waals surface area (Å²) in [6, 6.07) is 6.81. The summed E-state index contributed by atoms with van der Waals surface area (Å²) in [6.07, 6.45) is 3.47. The summed E-state index contributed by atoms with van der Waals surface area (Å²) in [5.41, 5.74) is 1.09. The Labute approximate surface area is 140 Å². The second kappa shape index (κ2) is 6.02. The van der Waals surface area contributed by atoms with Gasteiger partial charge in [0.05, 0.1) is 0 Å². The number of anilines is 1. The molecular formula is C18H21FN4O. The van der Waals surface area contributed by atoms with Crippen molar-refractivity contribution < 1.29 is 4.39 Å². The molecule has 0 saturated carbocycles. The van der Waals surface area contributed by atoms with Gasteiger partial charge in [0.1, 0.15) is 0 Å². The van der Waals surface area contributed by atoms with Crippen molar-refractivity contribution in [3.8, 4) is 0 Å². The van der Waals surface area contributed by atoms with Gasteiger partial charge in [-0.05, 0) is 35.6 Å². The molecule has 5 nitrogen and oxygen atoms in total. The summed E-state index contributed by atoms with van der Waals surface area (Å²) >= 11 is 0. The lowest BCUT2D eigenvalue weighted by atomic mass is 10.0. The SMILES string of the molecule is Cn1ccc(CN2CC3CN(c4ncccc4F)CC3C2)cc1=O. The lowest BCUT2D eigenvalue weighted by Gasteiger charge is -2.22. The second-order valence-electron chi connectivity index (χ2n) is 6.91. The third kappa shape index (κ3) is 2.82. The van der Waals surface area contributed by atoms with Gasteiger partial charge in [-0.15, -0.1) is 0 Å². The molecule has 4 heterocycles. The Bertz CT molecular complexity index is 792. The first-order chi connectivity index (χ1) is 11.6. The van der Waals surface area contributed by atoms with Crippen LogP contribution >= 0.6 is 0 Å². The molecule has 126 valence electrons. The average molecular weight is 328 g/mol. The standard InChI is InChI=1S/C18H21FN4O/c1-21-6-4-13(7-17(21)24)8-22-9-14-11-23(12-15(14)10-22)18-16(19)3-2-5-20-18/h2-7,14-15H,8-12H2,1H3. The van der Waals surface area contributed by atoms with Gasteiger partial charge in [-0.1, -0.05) is 0 Å². The normalized spacial score (nSPS) is 23.7. The van der Waals surface area contributed by atoms with Crippen LogP contribution in [0.3, 0.4) is 0 Å². The number of halogens is 1. The monoisotopic (exact) mass is 328 g/mol. The Kier molecular flexibility index (Phi) is 3.84. The maximum absolute atomic E-state index is 13.9. The van der Waals surface area contributed by atoms with Gasteiger partial charge in [0.15, 0.2) is 11.6 Å². The van der Waals surface area contributed by atoms with E-state index >= 15 is 0 Å². The summed E-state index contributed by atoms with van der Waals surface area (Å²) in [5, 5.41) is 0. The molecule has 0 spiro atoms. The van der Waals surface area contributed by atoms with Crippen molar-refractivity contribution in [1.82, 2.24) is 14.5 Å². The molecule has 0 aliphatic carbocycles. The van der Waals surface area contributed by atoms with Crippen LogP contribution in [-0.2, 0) is 13.6 Å². The zero-order valence-corrected chi connectivity index (χ0v) is 13.7. The van der Waals surface area contributed by atoms with Crippen molar-refractivity contribution in [2.24, 2.45) is 18.9 Å². The van der Waals surface area contributed by atoms with Crippen LogP contribution in [0.25, 0.3) is 0 Å². The average Bonchev–Trinajstić information content (AvgIpc) is 3.09. The number of rotatable bonds is 3. The summed E-state index contributed by atoms with van der Waals surface area (Å²) in [4.78, 5) is 20.4. The maximum Gasteiger partial charge on any atom is 0.250 e. The van der Waals surface area contributed by atoms with Crippen molar-refractivity contribution in [3.63, 3.8) is 0 Å². The number of aromatic nitrogens is 2. The van der Waals surface area contributed by atoms with Crippen molar-refractivity contribution in [2.75, 3.05) is 31.1 Å². The van der Waals surface area contributed by atoms with Crippen molar-refractivity contribution >= 4 is 5.82 Å². The Hall–Kier alpha value is -2.21. The predicted molar refractivity (Wildman–Crippen MR) is 90.3 cm³/mol. The van der Waals surface area contributed by atoms with E-state index in [1.54, 1.807) is 29.9 Å². The number of pyridine rings is 2. The van der Waals surface area contributed by atoms with E-state index in [-0.39, 0.29) is 11.4 Å². The van der Waals surface area contributed by atoms with E-state index in [0.717, 1.165) is 38.3 Å². The molecule has 0 bridgehead atoms. The summed E-state index contributed by atoms with van der Waals surface area (Å²) in [5.74, 6) is 1.32. The molecule has 2 aliphatic rings. The molecule has 2 fully saturated rings. The third-order valence-electron chi connectivity index (χ3n) is 5.18. The van der Waals surface area contributed by atoms with Gasteiger partial charge in [0, 0.05) is 58.2 Å². The van der Waals surface area contributed by atoms with Gasteiger partial charge in [-0.25, -0.2) is 9.37 Å². The molecule has 6 heteroatoms. The van der Waals surface area contributed by atoms with Gasteiger partial charge in [-0.3, -0.25) is 9.69 Å². The maximum atomic E-state index is 13.9. The number of nitrogens with zero attached hydrogens (tertiary/aromatic N) is 4. The van der Waals surface area contributed by atoms with Crippen LogP contribution in [0.15, 0.2) is 41.5 Å². The van der Waals surface area contributed by atoms with Gasteiger partial charge < -0.3 is 9.47 Å². The van der Waals surface area contributed by atoms with Crippen LogP contribution < -0.4 is 10.5 Å². The Morgan fingerprint density at radius 2 is 1.96 bits per heavy atom. The first-order valence-corrected chi connectivity index (χ1v) is 8.33. The first kappa shape index (κ1) is 15.3. The molecule has 2 aromatic heterocycles. The minimum atomic E-state index is -0.241. The first-order valence-electron chi connectivity index (χ1n) is 8.33. The predicted octanol–water partition coefficient (Wildman–Crippen LogP) is 1.49. The summed E-state index contributed by atoms with van der Waals surface area (Å²) < 4.78 is 15.5. The highest BCUT2D eigenvalue weighted by molar-refractivity contribution is 5.41. The fraction of sp³-hybridized carbons (Fsp3) is 0.444. The van der Waals surface area contributed by atoms with Crippen LogP contribution in [0.4, 0.5) is 10.2 Å². The van der Waals surface area contributed by atoms with Crippen molar-refractivity contribution in [2.45, 2.75) is 6.54 Å². The van der Waals surface area contributed by atoms with Crippen LogP contribution in [-0.4, -0.2) is 40.6 Å². The molecule has 0 amide bonds. The second-order valence-corrected chi connectivity index (χ2v) is 6.91. The molecule has 2 aliphatic heterocycles. The van der Waals surface area contributed by atoms with E-state index in [0.29, 0.717) is 17.7 Å². The molecule has 0 radical (unpaired) electrons. The quantitative estimate of drug-likeness (QED) is 0.856. The van der Waals surface area contributed by atoms with Crippen LogP contribution in [0.1, 0.15) is 5.56 Å². The van der Waals surface area contributed by atoms with Gasteiger partial charge in [0.25, 0.3) is 5.56 Å². The summed E-state index contributed by atoms with van der Waals surface area (Å²) in [7, 11) is 1.76. The molecule has 2 atom stereocenters. The molecule has 2 saturated heterocycles. The molecular weight excluding hydrogens is 307 g/mol. The lowest BCUT2D eigenvalue weighted by molar-refractivity contribution is 0.308. The number of fused-ring (bicyclic) bond motifs is 1. The van der Waals surface area contributed by atoms with E-state index < -0.39 is 0 Å². The zero-order chi connectivity index (χ0) is 16.7. The fourth-order valence-corrected chi connectivity index (χ4v) is 3.95. The summed E-state index contributed by atoms with van der Waals surface area (Å²) in [6.45, 7) is 4.49. The number of aryl methyl sites for hydroxylation is 1. The van der Waals surface area contributed by atoms with Gasteiger partial charge in [-0.2, -0.15) is 0 Å². The number of hydrogen-bond donors (Lipinski definition) is 0. The van der Waals surface area contributed by atoms with E-state index in [9.17, 15) is 9.18 Å². The molecule has 2 unspecified atom stereocenters. The molecule has 4 rings (SSSR count). The Morgan fingerprint density at radius 3 is 2.62 bits per heavy atom. The molecule has 0 N–H and O–H groups in total. The highest BCUT2D eigenvalue weighted by Crippen LogP contribution is 2.34. The van der Waals surface area contributed by atoms with Crippen molar-refractivity contribution in [1.29, 1.82) is 0 Å². The lowest BCUT2D eigenvalue weighted by Crippen LogP contribution is -2.30. The topological polar surface area (TPSA) is 41.4 Å². The van der Waals surface area contributed by atoms with E-state index in [1.807, 2.05) is 12.3 Å². The Morgan fingerprint density at radius 1 is 1.21 bits per heavy atom.